The van der Waals surface area contributed by atoms with E-state index in [4.69, 9.17) is 4.74 Å². The number of carbonyl (C=O) groups excluding carboxylic acids is 1. The van der Waals surface area contributed by atoms with Gasteiger partial charge in [0.2, 0.25) is 11.9 Å². The van der Waals surface area contributed by atoms with Crippen molar-refractivity contribution in [2.45, 2.75) is 33.1 Å². The number of nitrogens with one attached hydrogen (secondary N) is 2. The number of methoxy groups -OCH3 is 1. The van der Waals surface area contributed by atoms with Crippen molar-refractivity contribution in [3.8, 4) is 6.01 Å². The van der Waals surface area contributed by atoms with E-state index >= 15 is 0 Å². The van der Waals surface area contributed by atoms with Crippen LogP contribution in [0.5, 0.6) is 6.01 Å². The van der Waals surface area contributed by atoms with E-state index < -0.39 is 0 Å². The number of esters is 1. The van der Waals surface area contributed by atoms with Gasteiger partial charge in [-0.25, -0.2) is 0 Å². The Morgan fingerprint density at radius 1 is 1.05 bits per heavy atom. The van der Waals surface area contributed by atoms with E-state index in [2.05, 4.69) is 37.2 Å². The molecule has 118 valence electrons. The summed E-state index contributed by atoms with van der Waals surface area (Å²) in [5, 5.41) is 6.05. The summed E-state index contributed by atoms with van der Waals surface area (Å²) < 4.78 is 10.0. The molecule has 2 N–H and O–H groups in total. The van der Waals surface area contributed by atoms with Gasteiger partial charge in [0.15, 0.2) is 0 Å². The van der Waals surface area contributed by atoms with Crippen LogP contribution in [-0.2, 0) is 9.53 Å². The molecule has 0 fully saturated rings. The molecule has 0 radical (unpaired) electrons. The van der Waals surface area contributed by atoms with Crippen LogP contribution >= 0.6 is 0 Å². The fourth-order valence-corrected chi connectivity index (χ4v) is 1.39. The lowest BCUT2D eigenvalue weighted by molar-refractivity contribution is -0.140. The van der Waals surface area contributed by atoms with Crippen LogP contribution in [0.3, 0.4) is 0 Å². The van der Waals surface area contributed by atoms with Crippen LogP contribution < -0.4 is 15.4 Å². The normalized spacial score (nSPS) is 10.0. The van der Waals surface area contributed by atoms with Crippen molar-refractivity contribution in [2.75, 3.05) is 37.4 Å². The fourth-order valence-electron chi connectivity index (χ4n) is 1.39. The molecule has 1 heterocycles. The second kappa shape index (κ2) is 9.73. The molecule has 0 saturated carbocycles. The van der Waals surface area contributed by atoms with Gasteiger partial charge in [-0.1, -0.05) is 13.8 Å². The van der Waals surface area contributed by atoms with Crippen LogP contribution in [0, 0.1) is 0 Å². The molecular weight excluding hydrogens is 274 g/mol. The van der Waals surface area contributed by atoms with Crippen molar-refractivity contribution in [1.82, 2.24) is 15.0 Å². The predicted octanol–water partition coefficient (Wildman–Crippen LogP) is 1.46. The number of carbonyl (C=O) groups is 1. The number of hydrogen-bond donors (Lipinski definition) is 2. The molecule has 8 heteroatoms. The van der Waals surface area contributed by atoms with E-state index in [1.807, 2.05) is 6.92 Å². The molecule has 0 aliphatic rings. The summed E-state index contributed by atoms with van der Waals surface area (Å²) in [4.78, 5) is 23.6. The highest BCUT2D eigenvalue weighted by molar-refractivity contribution is 5.69. The van der Waals surface area contributed by atoms with Crippen molar-refractivity contribution in [3.05, 3.63) is 0 Å². The third-order valence-electron chi connectivity index (χ3n) is 2.42. The lowest BCUT2D eigenvalue weighted by Gasteiger charge is -2.09. The maximum Gasteiger partial charge on any atom is 0.323 e. The second-order valence-electron chi connectivity index (χ2n) is 4.29. The average Bonchev–Trinajstić information content (AvgIpc) is 2.50. The lowest BCUT2D eigenvalue weighted by atomic mass is 10.4. The Kier molecular flexibility index (Phi) is 7.85. The molecule has 8 nitrogen and oxygen atoms in total. The monoisotopic (exact) mass is 297 g/mol. The van der Waals surface area contributed by atoms with Crippen LogP contribution in [-0.4, -0.2) is 47.7 Å². The van der Waals surface area contributed by atoms with Crippen molar-refractivity contribution in [2.24, 2.45) is 0 Å². The minimum Gasteiger partial charge on any atom is -0.469 e. The summed E-state index contributed by atoms with van der Waals surface area (Å²) in [5.74, 6) is 0.542. The van der Waals surface area contributed by atoms with Crippen LogP contribution in [0.2, 0.25) is 0 Å². The highest BCUT2D eigenvalue weighted by Gasteiger charge is 2.08. The van der Waals surface area contributed by atoms with Crippen LogP contribution in [0.1, 0.15) is 33.1 Å². The maximum atomic E-state index is 11.1. The van der Waals surface area contributed by atoms with E-state index in [0.29, 0.717) is 25.0 Å². The third-order valence-corrected chi connectivity index (χ3v) is 2.42. The van der Waals surface area contributed by atoms with Gasteiger partial charge in [-0.15, -0.1) is 0 Å². The SMILES string of the molecule is CCCNc1nc(NCCC(=O)OC)nc(OCCC)n1. The van der Waals surface area contributed by atoms with Crippen LogP contribution in [0.25, 0.3) is 0 Å². The molecule has 21 heavy (non-hydrogen) atoms. The van der Waals surface area contributed by atoms with E-state index in [1.165, 1.54) is 7.11 Å². The molecule has 0 aromatic carbocycles. The summed E-state index contributed by atoms with van der Waals surface area (Å²) in [7, 11) is 1.36. The van der Waals surface area contributed by atoms with Crippen LogP contribution in [0.4, 0.5) is 11.9 Å². The number of ether oxygens (including phenoxy) is 2. The summed E-state index contributed by atoms with van der Waals surface area (Å²) in [6.45, 7) is 5.75. The van der Waals surface area contributed by atoms with E-state index in [9.17, 15) is 4.79 Å². The third kappa shape index (κ3) is 6.73. The number of nitrogens with zero attached hydrogens (tertiary/aromatic N) is 3. The lowest BCUT2D eigenvalue weighted by Crippen LogP contribution is -2.14. The zero-order chi connectivity index (χ0) is 15.5. The van der Waals surface area contributed by atoms with Gasteiger partial charge in [0, 0.05) is 13.1 Å². The standard InChI is InChI=1S/C13H23N5O3/c1-4-7-14-11-16-12(15-8-6-10(19)20-3)18-13(17-11)21-9-5-2/h4-9H2,1-3H3,(H2,14,15,16,17,18). The first-order chi connectivity index (χ1) is 10.2. The van der Waals surface area contributed by atoms with Gasteiger partial charge in [-0.05, 0) is 12.8 Å². The Hall–Kier alpha value is -2.12. The van der Waals surface area contributed by atoms with Gasteiger partial charge in [0.25, 0.3) is 0 Å². The van der Waals surface area contributed by atoms with Gasteiger partial charge < -0.3 is 20.1 Å². The first-order valence-corrected chi connectivity index (χ1v) is 7.13. The summed E-state index contributed by atoms with van der Waals surface area (Å²) in [5.41, 5.74) is 0. The van der Waals surface area contributed by atoms with Gasteiger partial charge in [-0.2, -0.15) is 15.0 Å². The quantitative estimate of drug-likeness (QED) is 0.626. The zero-order valence-corrected chi connectivity index (χ0v) is 12.8. The van der Waals surface area contributed by atoms with Gasteiger partial charge in [0.05, 0.1) is 20.1 Å². The largest absolute Gasteiger partial charge is 0.469 e. The van der Waals surface area contributed by atoms with Crippen LogP contribution in [0.15, 0.2) is 0 Å². The summed E-state index contributed by atoms with van der Waals surface area (Å²) in [6, 6.07) is 0.269. The number of rotatable bonds is 10. The Morgan fingerprint density at radius 2 is 1.71 bits per heavy atom. The van der Waals surface area contributed by atoms with Crippen molar-refractivity contribution in [3.63, 3.8) is 0 Å². The fraction of sp³-hybridized carbons (Fsp3) is 0.692. The molecule has 0 spiro atoms. The number of aromatic nitrogens is 3. The molecule has 0 saturated heterocycles. The molecule has 1 aromatic rings. The predicted molar refractivity (Wildman–Crippen MR) is 79.5 cm³/mol. The van der Waals surface area contributed by atoms with E-state index in [0.717, 1.165) is 19.4 Å². The van der Waals surface area contributed by atoms with Gasteiger partial charge in [0.1, 0.15) is 0 Å². The molecule has 0 aliphatic carbocycles. The molecular formula is C13H23N5O3. The van der Waals surface area contributed by atoms with Crippen molar-refractivity contribution in [1.29, 1.82) is 0 Å². The topological polar surface area (TPSA) is 98.3 Å². The Bertz CT molecular complexity index is 416. The first-order valence-electron chi connectivity index (χ1n) is 7.13. The van der Waals surface area contributed by atoms with Crippen molar-refractivity contribution >= 4 is 17.9 Å². The molecule has 0 atom stereocenters. The number of anilines is 2. The molecule has 0 bridgehead atoms. The average molecular weight is 297 g/mol. The maximum absolute atomic E-state index is 11.1. The Morgan fingerprint density at radius 3 is 2.29 bits per heavy atom. The molecule has 0 unspecified atom stereocenters. The summed E-state index contributed by atoms with van der Waals surface area (Å²) >= 11 is 0. The highest BCUT2D eigenvalue weighted by Crippen LogP contribution is 2.11. The smallest absolute Gasteiger partial charge is 0.323 e. The van der Waals surface area contributed by atoms with Crippen molar-refractivity contribution < 1.29 is 14.3 Å². The molecule has 1 rings (SSSR count). The highest BCUT2D eigenvalue weighted by atomic mass is 16.5. The van der Waals surface area contributed by atoms with E-state index in [-0.39, 0.29) is 18.4 Å². The first kappa shape index (κ1) is 16.9. The Balaban J connectivity index is 2.68. The zero-order valence-electron chi connectivity index (χ0n) is 12.8. The molecule has 0 aliphatic heterocycles. The van der Waals surface area contributed by atoms with E-state index in [1.54, 1.807) is 0 Å². The Labute approximate surface area is 124 Å². The number of hydrogen-bond acceptors (Lipinski definition) is 8. The second-order valence-corrected chi connectivity index (χ2v) is 4.29. The summed E-state index contributed by atoms with van der Waals surface area (Å²) in [6.07, 6.45) is 2.07. The minimum absolute atomic E-state index is 0.241. The van der Waals surface area contributed by atoms with Gasteiger partial charge >= 0.3 is 12.0 Å². The molecule has 1 aromatic heterocycles. The molecule has 0 amide bonds. The van der Waals surface area contributed by atoms with Gasteiger partial charge in [-0.3, -0.25) is 4.79 Å². The minimum atomic E-state index is -0.289.